The van der Waals surface area contributed by atoms with E-state index in [0.717, 1.165) is 68.0 Å². The number of aliphatic imine (C=N–C) groups is 1. The number of methoxy groups -OCH3 is 1. The van der Waals surface area contributed by atoms with Crippen molar-refractivity contribution in [1.29, 1.82) is 0 Å². The van der Waals surface area contributed by atoms with E-state index in [1.54, 1.807) is 13.4 Å². The first-order valence-electron chi connectivity index (χ1n) is 10.7. The van der Waals surface area contributed by atoms with Gasteiger partial charge in [-0.05, 0) is 42.0 Å². The van der Waals surface area contributed by atoms with Crippen molar-refractivity contribution in [2.45, 2.75) is 13.0 Å². The van der Waals surface area contributed by atoms with Gasteiger partial charge in [0.05, 0.1) is 19.9 Å². The van der Waals surface area contributed by atoms with Crippen LogP contribution in [0.25, 0.3) is 0 Å². The predicted molar refractivity (Wildman–Crippen MR) is 123 cm³/mol. The molecule has 0 bridgehead atoms. The molecule has 7 nitrogen and oxygen atoms in total. The van der Waals surface area contributed by atoms with Gasteiger partial charge in [-0.1, -0.05) is 18.2 Å². The molecule has 0 unspecified atom stereocenters. The molecule has 1 aromatic carbocycles. The van der Waals surface area contributed by atoms with Crippen LogP contribution in [0.15, 0.2) is 76.5 Å². The normalized spacial score (nSPS) is 14.5. The predicted octanol–water partition coefficient (Wildman–Crippen LogP) is 3.19. The van der Waals surface area contributed by atoms with Gasteiger partial charge in [0.15, 0.2) is 5.96 Å². The van der Waals surface area contributed by atoms with Crippen molar-refractivity contribution >= 4 is 11.8 Å². The molecule has 7 heteroatoms. The average molecular weight is 420 g/mol. The molecule has 3 heterocycles. The minimum absolute atomic E-state index is 0.619. The molecule has 1 saturated heterocycles. The summed E-state index contributed by atoms with van der Waals surface area (Å²) < 4.78 is 10.7. The summed E-state index contributed by atoms with van der Waals surface area (Å²) in [6.45, 7) is 5.01. The number of anilines is 1. The molecule has 0 atom stereocenters. The molecular formula is C24H29N5O2. The van der Waals surface area contributed by atoms with Crippen LogP contribution < -0.4 is 15.0 Å². The maximum atomic E-state index is 5.46. The van der Waals surface area contributed by atoms with E-state index in [1.807, 2.05) is 42.6 Å². The summed E-state index contributed by atoms with van der Waals surface area (Å²) in [7, 11) is 1.68. The maximum absolute atomic E-state index is 5.46. The Morgan fingerprint density at radius 3 is 2.58 bits per heavy atom. The number of furan rings is 1. The molecular weight excluding hydrogens is 390 g/mol. The number of hydrogen-bond acceptors (Lipinski definition) is 5. The first kappa shape index (κ1) is 20.8. The molecule has 0 saturated carbocycles. The van der Waals surface area contributed by atoms with Crippen LogP contribution in [0.2, 0.25) is 0 Å². The van der Waals surface area contributed by atoms with E-state index in [4.69, 9.17) is 14.1 Å². The van der Waals surface area contributed by atoms with Crippen LogP contribution >= 0.6 is 0 Å². The lowest BCUT2D eigenvalue weighted by atomic mass is 10.2. The topological polar surface area (TPSA) is 66.1 Å². The van der Waals surface area contributed by atoms with Gasteiger partial charge in [-0.15, -0.1) is 0 Å². The third kappa shape index (κ3) is 5.78. The van der Waals surface area contributed by atoms with Gasteiger partial charge >= 0.3 is 0 Å². The maximum Gasteiger partial charge on any atom is 0.194 e. The summed E-state index contributed by atoms with van der Waals surface area (Å²) in [5, 5.41) is 3.53. The number of nitrogens with zero attached hydrogens (tertiary/aromatic N) is 4. The van der Waals surface area contributed by atoms with Gasteiger partial charge in [0.1, 0.15) is 17.3 Å². The Balaban J connectivity index is 1.39. The van der Waals surface area contributed by atoms with Crippen LogP contribution in [0.4, 0.5) is 5.82 Å². The standard InChI is InChI=1S/C24H29N5O2/c1-30-21-9-7-20(8-10-21)19-27-24(26-13-11-22-5-4-18-31-22)29-16-14-28(15-17-29)23-6-2-3-12-25-23/h2-10,12,18H,11,13-17,19H2,1H3,(H,26,27). The van der Waals surface area contributed by atoms with Gasteiger partial charge in [-0.2, -0.15) is 0 Å². The van der Waals surface area contributed by atoms with E-state index in [0.29, 0.717) is 6.54 Å². The first-order chi connectivity index (χ1) is 15.3. The molecule has 31 heavy (non-hydrogen) atoms. The molecule has 0 spiro atoms. The fourth-order valence-electron chi connectivity index (χ4n) is 3.61. The molecule has 0 aliphatic carbocycles. The zero-order valence-electron chi connectivity index (χ0n) is 17.9. The second-order valence-corrected chi connectivity index (χ2v) is 7.41. The zero-order valence-corrected chi connectivity index (χ0v) is 17.9. The SMILES string of the molecule is COc1ccc(CN=C(NCCc2ccco2)N2CCN(c3ccccn3)CC2)cc1. The number of benzene rings is 1. The number of hydrogen-bond donors (Lipinski definition) is 1. The second kappa shape index (κ2) is 10.5. The van der Waals surface area contributed by atoms with Crippen molar-refractivity contribution in [2.24, 2.45) is 4.99 Å². The highest BCUT2D eigenvalue weighted by molar-refractivity contribution is 5.80. The highest BCUT2D eigenvalue weighted by atomic mass is 16.5. The van der Waals surface area contributed by atoms with Gasteiger partial charge in [0, 0.05) is 45.3 Å². The van der Waals surface area contributed by atoms with Crippen molar-refractivity contribution in [1.82, 2.24) is 15.2 Å². The second-order valence-electron chi connectivity index (χ2n) is 7.41. The van der Waals surface area contributed by atoms with Crippen molar-refractivity contribution in [2.75, 3.05) is 44.7 Å². The highest BCUT2D eigenvalue weighted by Gasteiger charge is 2.20. The van der Waals surface area contributed by atoms with Gasteiger partial charge in [-0.3, -0.25) is 0 Å². The average Bonchev–Trinajstić information content (AvgIpc) is 3.36. The van der Waals surface area contributed by atoms with Crippen LogP contribution in [0.1, 0.15) is 11.3 Å². The Hall–Kier alpha value is -3.48. The number of aromatic nitrogens is 1. The quantitative estimate of drug-likeness (QED) is 0.469. The molecule has 2 aromatic heterocycles. The van der Waals surface area contributed by atoms with Crippen LogP contribution in [-0.2, 0) is 13.0 Å². The fourth-order valence-corrected chi connectivity index (χ4v) is 3.61. The molecule has 0 amide bonds. The lowest BCUT2D eigenvalue weighted by molar-refractivity contribution is 0.370. The Bertz CT molecular complexity index is 934. The Kier molecular flexibility index (Phi) is 7.05. The van der Waals surface area contributed by atoms with Gasteiger partial charge in [-0.25, -0.2) is 9.98 Å². The molecule has 1 fully saturated rings. The summed E-state index contributed by atoms with van der Waals surface area (Å²) in [6.07, 6.45) is 4.38. The van der Waals surface area contributed by atoms with Gasteiger partial charge < -0.3 is 24.3 Å². The lowest BCUT2D eigenvalue weighted by Crippen LogP contribution is -2.53. The number of rotatable bonds is 7. The number of nitrogens with one attached hydrogen (secondary N) is 1. The molecule has 162 valence electrons. The first-order valence-corrected chi connectivity index (χ1v) is 10.7. The minimum atomic E-state index is 0.619. The van der Waals surface area contributed by atoms with Crippen LogP contribution in [-0.4, -0.2) is 55.7 Å². The molecule has 3 aromatic rings. The van der Waals surface area contributed by atoms with E-state index >= 15 is 0 Å². The molecule has 1 aliphatic rings. The summed E-state index contributed by atoms with van der Waals surface area (Å²) in [4.78, 5) is 14.0. The van der Waals surface area contributed by atoms with Gasteiger partial charge in [0.2, 0.25) is 0 Å². The monoisotopic (exact) mass is 419 g/mol. The minimum Gasteiger partial charge on any atom is -0.497 e. The van der Waals surface area contributed by atoms with Gasteiger partial charge in [0.25, 0.3) is 0 Å². The van der Waals surface area contributed by atoms with E-state index in [9.17, 15) is 0 Å². The molecule has 4 rings (SSSR count). The fraction of sp³-hybridized carbons (Fsp3) is 0.333. The third-order valence-corrected chi connectivity index (χ3v) is 5.36. The Morgan fingerprint density at radius 1 is 1.06 bits per heavy atom. The lowest BCUT2D eigenvalue weighted by Gasteiger charge is -2.37. The summed E-state index contributed by atoms with van der Waals surface area (Å²) >= 11 is 0. The van der Waals surface area contributed by atoms with E-state index < -0.39 is 0 Å². The largest absolute Gasteiger partial charge is 0.497 e. The molecule has 1 N–H and O–H groups in total. The van der Waals surface area contributed by atoms with Crippen molar-refractivity contribution in [3.63, 3.8) is 0 Å². The Labute approximate surface area is 183 Å². The molecule has 1 aliphatic heterocycles. The van der Waals surface area contributed by atoms with Crippen LogP contribution in [0.5, 0.6) is 5.75 Å². The number of pyridine rings is 1. The summed E-state index contributed by atoms with van der Waals surface area (Å²) in [5.41, 5.74) is 1.15. The third-order valence-electron chi connectivity index (χ3n) is 5.36. The van der Waals surface area contributed by atoms with Crippen molar-refractivity contribution < 1.29 is 9.15 Å². The summed E-state index contributed by atoms with van der Waals surface area (Å²) in [6, 6.07) is 18.0. The zero-order chi connectivity index (χ0) is 21.3. The molecule has 0 radical (unpaired) electrons. The number of guanidine groups is 1. The van der Waals surface area contributed by atoms with Crippen molar-refractivity contribution in [3.05, 3.63) is 78.4 Å². The van der Waals surface area contributed by atoms with Crippen molar-refractivity contribution in [3.8, 4) is 5.75 Å². The van der Waals surface area contributed by atoms with E-state index in [-0.39, 0.29) is 0 Å². The number of piperazine rings is 1. The van der Waals surface area contributed by atoms with Crippen LogP contribution in [0.3, 0.4) is 0 Å². The van der Waals surface area contributed by atoms with E-state index in [2.05, 4.69) is 38.3 Å². The smallest absolute Gasteiger partial charge is 0.194 e. The summed E-state index contributed by atoms with van der Waals surface area (Å²) in [5.74, 6) is 3.80. The Morgan fingerprint density at radius 2 is 1.90 bits per heavy atom. The number of ether oxygens (including phenoxy) is 1. The highest BCUT2D eigenvalue weighted by Crippen LogP contribution is 2.14. The van der Waals surface area contributed by atoms with E-state index in [1.165, 1.54) is 0 Å². The van der Waals surface area contributed by atoms with Crippen LogP contribution in [0, 0.1) is 0 Å².